The van der Waals surface area contributed by atoms with Crippen molar-refractivity contribution < 1.29 is 19.0 Å². The van der Waals surface area contributed by atoms with Crippen molar-refractivity contribution in [1.29, 1.82) is 0 Å². The normalized spacial score (nSPS) is 35.2. The van der Waals surface area contributed by atoms with Gasteiger partial charge in [0.05, 0.1) is 0 Å². The van der Waals surface area contributed by atoms with E-state index in [0.717, 1.165) is 5.76 Å². The molecule has 2 aliphatic rings. The molecule has 1 saturated heterocycles. The number of aliphatic hydroxyl groups is 1. The molecule has 0 aromatic carbocycles. The van der Waals surface area contributed by atoms with E-state index in [9.17, 15) is 5.11 Å². The molecule has 0 aromatic rings. The molecule has 0 bridgehead atoms. The number of methoxy groups -OCH3 is 1. The van der Waals surface area contributed by atoms with Crippen molar-refractivity contribution in [1.82, 2.24) is 0 Å². The Morgan fingerprint density at radius 1 is 1.42 bits per heavy atom. The van der Waals surface area contributed by atoms with Crippen molar-refractivity contribution >= 4 is 8.32 Å². The molecule has 0 saturated carbocycles. The van der Waals surface area contributed by atoms with Gasteiger partial charge in [0.15, 0.2) is 6.29 Å². The second-order valence-corrected chi connectivity index (χ2v) is 11.9. The lowest BCUT2D eigenvalue weighted by molar-refractivity contribution is -0.117. The summed E-state index contributed by atoms with van der Waals surface area (Å²) in [6.07, 6.45) is 2.38. The zero-order chi connectivity index (χ0) is 14.5. The number of fused-ring (bicyclic) bond motifs is 1. The van der Waals surface area contributed by atoms with Crippen LogP contribution in [0.5, 0.6) is 0 Å². The molecular formula is C14H26O4Si. The number of hydrogen-bond acceptors (Lipinski definition) is 4. The van der Waals surface area contributed by atoms with Crippen molar-refractivity contribution in [3.8, 4) is 0 Å². The molecule has 0 aromatic heterocycles. The Morgan fingerprint density at radius 3 is 2.58 bits per heavy atom. The van der Waals surface area contributed by atoms with Crippen LogP contribution in [0.25, 0.3) is 0 Å². The minimum absolute atomic E-state index is 0.133. The average molecular weight is 286 g/mol. The molecular weight excluding hydrogens is 260 g/mol. The summed E-state index contributed by atoms with van der Waals surface area (Å²) in [7, 11) is -0.291. The van der Waals surface area contributed by atoms with Crippen molar-refractivity contribution in [3.05, 3.63) is 11.8 Å². The van der Waals surface area contributed by atoms with E-state index >= 15 is 0 Å². The highest BCUT2D eigenvalue weighted by atomic mass is 28.4. The molecule has 1 aliphatic carbocycles. The second kappa shape index (κ2) is 4.58. The van der Waals surface area contributed by atoms with Gasteiger partial charge in [-0.15, -0.1) is 0 Å². The van der Waals surface area contributed by atoms with Gasteiger partial charge in [0.25, 0.3) is 0 Å². The van der Waals surface area contributed by atoms with Gasteiger partial charge in [-0.2, -0.15) is 0 Å². The topological polar surface area (TPSA) is 47.9 Å². The van der Waals surface area contributed by atoms with E-state index in [1.807, 2.05) is 6.08 Å². The monoisotopic (exact) mass is 286 g/mol. The van der Waals surface area contributed by atoms with Crippen molar-refractivity contribution in [2.45, 2.75) is 69.7 Å². The summed E-state index contributed by atoms with van der Waals surface area (Å²) in [4.78, 5) is 0. The summed E-state index contributed by atoms with van der Waals surface area (Å²) in [6, 6.07) is 0. The first-order valence-corrected chi connectivity index (χ1v) is 9.80. The second-order valence-electron chi connectivity index (χ2n) is 7.16. The molecule has 1 heterocycles. The van der Waals surface area contributed by atoms with Gasteiger partial charge < -0.3 is 19.0 Å². The zero-order valence-electron chi connectivity index (χ0n) is 12.8. The molecule has 5 heteroatoms. The smallest absolute Gasteiger partial charge is 0.250 e. The van der Waals surface area contributed by atoms with Crippen LogP contribution in [-0.4, -0.2) is 38.5 Å². The lowest BCUT2D eigenvalue weighted by Crippen LogP contribution is -2.43. The van der Waals surface area contributed by atoms with Crippen LogP contribution in [0.15, 0.2) is 11.8 Å². The van der Waals surface area contributed by atoms with Crippen LogP contribution in [0.1, 0.15) is 33.6 Å². The van der Waals surface area contributed by atoms with Crippen LogP contribution in [0.4, 0.5) is 0 Å². The summed E-state index contributed by atoms with van der Waals surface area (Å²) in [5, 5.41) is 10.7. The van der Waals surface area contributed by atoms with Crippen LogP contribution in [0, 0.1) is 0 Å². The summed E-state index contributed by atoms with van der Waals surface area (Å²) >= 11 is 0. The van der Waals surface area contributed by atoms with Crippen LogP contribution in [-0.2, 0) is 13.9 Å². The first kappa shape index (κ1) is 15.0. The maximum absolute atomic E-state index is 10.6. The van der Waals surface area contributed by atoms with Crippen molar-refractivity contribution in [2.75, 3.05) is 7.11 Å². The van der Waals surface area contributed by atoms with Gasteiger partial charge in [-0.1, -0.05) is 20.8 Å². The Kier molecular flexibility index (Phi) is 3.63. The molecule has 3 atom stereocenters. The summed E-state index contributed by atoms with van der Waals surface area (Å²) in [5.74, 6) is 0.800. The summed E-state index contributed by atoms with van der Waals surface area (Å²) < 4.78 is 17.3. The highest BCUT2D eigenvalue weighted by Gasteiger charge is 2.54. The Morgan fingerprint density at radius 2 is 2.05 bits per heavy atom. The molecule has 1 fully saturated rings. The quantitative estimate of drug-likeness (QED) is 0.811. The molecule has 0 amide bonds. The van der Waals surface area contributed by atoms with Gasteiger partial charge in [-0.3, -0.25) is 0 Å². The molecule has 110 valence electrons. The molecule has 19 heavy (non-hydrogen) atoms. The number of rotatable bonds is 3. The molecule has 0 unspecified atom stereocenters. The summed E-state index contributed by atoms with van der Waals surface area (Å²) in [6.45, 7) is 11.0. The van der Waals surface area contributed by atoms with E-state index in [0.29, 0.717) is 12.8 Å². The lowest BCUT2D eigenvalue weighted by Gasteiger charge is -2.38. The lowest BCUT2D eigenvalue weighted by atomic mass is 9.97. The third kappa shape index (κ3) is 2.61. The van der Waals surface area contributed by atoms with Crippen molar-refractivity contribution in [3.63, 3.8) is 0 Å². The predicted octanol–water partition coefficient (Wildman–Crippen LogP) is 2.79. The molecule has 0 spiro atoms. The highest BCUT2D eigenvalue weighted by Crippen LogP contribution is 2.46. The molecule has 0 radical (unpaired) electrons. The van der Waals surface area contributed by atoms with E-state index in [1.165, 1.54) is 0 Å². The van der Waals surface area contributed by atoms with Gasteiger partial charge >= 0.3 is 0 Å². The maximum atomic E-state index is 10.6. The zero-order valence-corrected chi connectivity index (χ0v) is 13.8. The number of ether oxygens (including phenoxy) is 2. The van der Waals surface area contributed by atoms with Crippen LogP contribution in [0.3, 0.4) is 0 Å². The molecule has 4 nitrogen and oxygen atoms in total. The first-order valence-electron chi connectivity index (χ1n) is 6.89. The maximum Gasteiger partial charge on any atom is 0.250 e. The van der Waals surface area contributed by atoms with Gasteiger partial charge in [0, 0.05) is 20.0 Å². The Bertz CT molecular complexity index is 385. The largest absolute Gasteiger partial charge is 0.545 e. The third-order valence-electron chi connectivity index (χ3n) is 4.65. The van der Waals surface area contributed by atoms with Crippen LogP contribution < -0.4 is 0 Å². The molecule has 1 N–H and O–H groups in total. The predicted molar refractivity (Wildman–Crippen MR) is 76.2 cm³/mol. The van der Waals surface area contributed by atoms with Gasteiger partial charge in [-0.05, 0) is 24.2 Å². The third-order valence-corrected chi connectivity index (χ3v) is 9.01. The Balaban J connectivity index is 2.12. The fourth-order valence-corrected chi connectivity index (χ4v) is 3.40. The van der Waals surface area contributed by atoms with E-state index in [2.05, 4.69) is 33.9 Å². The van der Waals surface area contributed by atoms with Gasteiger partial charge in [0.1, 0.15) is 17.5 Å². The number of hydrogen-bond donors (Lipinski definition) is 1. The van der Waals surface area contributed by atoms with E-state index in [4.69, 9.17) is 13.9 Å². The van der Waals surface area contributed by atoms with Crippen LogP contribution >= 0.6 is 0 Å². The van der Waals surface area contributed by atoms with Crippen LogP contribution in [0.2, 0.25) is 18.1 Å². The molecule has 1 aliphatic heterocycles. The minimum atomic E-state index is -1.90. The minimum Gasteiger partial charge on any atom is -0.545 e. The van der Waals surface area contributed by atoms with E-state index in [-0.39, 0.29) is 17.4 Å². The highest BCUT2D eigenvalue weighted by molar-refractivity contribution is 6.74. The summed E-state index contributed by atoms with van der Waals surface area (Å²) in [5.41, 5.74) is -0.849. The van der Waals surface area contributed by atoms with E-state index < -0.39 is 13.9 Å². The first-order chi connectivity index (χ1) is 8.59. The average Bonchev–Trinajstić information content (AvgIpc) is 2.73. The van der Waals surface area contributed by atoms with Crippen molar-refractivity contribution in [2.24, 2.45) is 0 Å². The van der Waals surface area contributed by atoms with Gasteiger partial charge in [0.2, 0.25) is 8.32 Å². The Labute approximate surface area is 116 Å². The van der Waals surface area contributed by atoms with E-state index in [1.54, 1.807) is 7.11 Å². The SMILES string of the molecule is CO[C@@H]1C[C@@]2(O)CC=C(O[Si](C)(C)C(C)(C)C)[C@H]2O1. The molecule has 2 rings (SSSR count). The Hall–Kier alpha value is -0.363. The van der Waals surface area contributed by atoms with Gasteiger partial charge in [-0.25, -0.2) is 0 Å². The fraction of sp³-hybridized carbons (Fsp3) is 0.857. The standard InChI is InChI=1S/C14H26O4Si/c1-13(2,3)19(5,6)18-10-7-8-14(15)9-11(16-4)17-12(10)14/h7,11-12,15H,8-9H2,1-6H3/t11-,12+,14-/m0/s1. The fourth-order valence-electron chi connectivity index (χ4n) is 2.31.